The number of likely N-dealkylation sites (tertiary alicyclic amines) is 1. The second-order valence-corrected chi connectivity index (χ2v) is 7.31. The summed E-state index contributed by atoms with van der Waals surface area (Å²) in [5.41, 5.74) is 0. The summed E-state index contributed by atoms with van der Waals surface area (Å²) >= 11 is 0. The first-order chi connectivity index (χ1) is 13.2. The van der Waals surface area contributed by atoms with Crippen molar-refractivity contribution in [2.75, 3.05) is 33.5 Å². The maximum Gasteiger partial charge on any atom is 0.410 e. The van der Waals surface area contributed by atoms with Gasteiger partial charge in [0.25, 0.3) is 0 Å². The van der Waals surface area contributed by atoms with Crippen LogP contribution in [-0.2, 0) is 19.0 Å². The number of hydrogen-bond donors (Lipinski definition) is 0. The lowest BCUT2D eigenvalue weighted by Crippen LogP contribution is -2.42. The van der Waals surface area contributed by atoms with Crippen LogP contribution in [0.25, 0.3) is 0 Å². The summed E-state index contributed by atoms with van der Waals surface area (Å²) in [5.74, 6) is -0.299. The Morgan fingerprint density at radius 3 is 2.11 bits per heavy atom. The SMILES string of the molecule is CCCCCCCCCCCCOC(=O)C1CCCN1C(=O)OCCOC. The lowest BCUT2D eigenvalue weighted by atomic mass is 10.1. The molecule has 0 aromatic rings. The van der Waals surface area contributed by atoms with Gasteiger partial charge in [-0.1, -0.05) is 64.7 Å². The van der Waals surface area contributed by atoms with E-state index in [2.05, 4.69) is 6.92 Å². The topological polar surface area (TPSA) is 65.1 Å². The molecule has 0 saturated carbocycles. The van der Waals surface area contributed by atoms with Gasteiger partial charge in [-0.05, 0) is 19.3 Å². The Morgan fingerprint density at radius 1 is 0.852 bits per heavy atom. The van der Waals surface area contributed by atoms with Gasteiger partial charge in [-0.2, -0.15) is 0 Å². The Morgan fingerprint density at radius 2 is 1.48 bits per heavy atom. The molecule has 0 aromatic carbocycles. The van der Waals surface area contributed by atoms with Gasteiger partial charge in [-0.25, -0.2) is 9.59 Å². The number of carbonyl (C=O) groups is 2. The van der Waals surface area contributed by atoms with E-state index in [9.17, 15) is 9.59 Å². The van der Waals surface area contributed by atoms with Crippen molar-refractivity contribution < 1.29 is 23.8 Å². The molecule has 1 saturated heterocycles. The molecule has 1 aliphatic heterocycles. The Kier molecular flexibility index (Phi) is 13.8. The van der Waals surface area contributed by atoms with Gasteiger partial charge in [0, 0.05) is 13.7 Å². The average molecular weight is 386 g/mol. The highest BCUT2D eigenvalue weighted by molar-refractivity contribution is 5.82. The first-order valence-corrected chi connectivity index (χ1v) is 10.8. The zero-order chi connectivity index (χ0) is 19.7. The molecule has 1 atom stereocenters. The smallest absolute Gasteiger partial charge is 0.410 e. The monoisotopic (exact) mass is 385 g/mol. The number of ether oxygens (including phenoxy) is 3. The molecule has 0 aromatic heterocycles. The number of hydrogen-bond acceptors (Lipinski definition) is 5. The average Bonchev–Trinajstić information content (AvgIpc) is 3.16. The van der Waals surface area contributed by atoms with E-state index in [-0.39, 0.29) is 12.6 Å². The van der Waals surface area contributed by atoms with Crippen LogP contribution in [-0.4, -0.2) is 56.5 Å². The van der Waals surface area contributed by atoms with E-state index in [1.165, 1.54) is 56.3 Å². The molecule has 0 N–H and O–H groups in total. The van der Waals surface area contributed by atoms with E-state index in [0.717, 1.165) is 19.3 Å². The highest BCUT2D eigenvalue weighted by atomic mass is 16.6. The van der Waals surface area contributed by atoms with Crippen molar-refractivity contribution in [1.82, 2.24) is 4.90 Å². The first-order valence-electron chi connectivity index (χ1n) is 10.8. The van der Waals surface area contributed by atoms with Crippen LogP contribution < -0.4 is 0 Å². The van der Waals surface area contributed by atoms with Crippen LogP contribution in [0.5, 0.6) is 0 Å². The molecule has 1 aliphatic rings. The molecule has 158 valence electrons. The predicted molar refractivity (Wildman–Crippen MR) is 106 cm³/mol. The van der Waals surface area contributed by atoms with Crippen molar-refractivity contribution in [3.8, 4) is 0 Å². The van der Waals surface area contributed by atoms with E-state index < -0.39 is 12.1 Å². The summed E-state index contributed by atoms with van der Waals surface area (Å²) in [5, 5.41) is 0. The Hall–Kier alpha value is -1.30. The van der Waals surface area contributed by atoms with Gasteiger partial charge in [0.15, 0.2) is 0 Å². The quantitative estimate of drug-likeness (QED) is 0.302. The van der Waals surface area contributed by atoms with Crippen LogP contribution in [0.4, 0.5) is 4.79 Å². The van der Waals surface area contributed by atoms with Gasteiger partial charge in [-0.3, -0.25) is 4.90 Å². The maximum atomic E-state index is 12.3. The largest absolute Gasteiger partial charge is 0.464 e. The van der Waals surface area contributed by atoms with Gasteiger partial charge in [0.2, 0.25) is 0 Å². The highest BCUT2D eigenvalue weighted by Gasteiger charge is 2.36. The van der Waals surface area contributed by atoms with E-state index in [1.54, 1.807) is 7.11 Å². The standard InChI is InChI=1S/C21H39NO5/c1-3-4-5-6-7-8-9-10-11-12-16-26-20(23)19-14-13-15-22(19)21(24)27-18-17-25-2/h19H,3-18H2,1-2H3. The molecule has 0 spiro atoms. The summed E-state index contributed by atoms with van der Waals surface area (Å²) in [6.07, 6.45) is 13.5. The van der Waals surface area contributed by atoms with Gasteiger partial charge >= 0.3 is 12.1 Å². The lowest BCUT2D eigenvalue weighted by molar-refractivity contribution is -0.148. The third-order valence-corrected chi connectivity index (χ3v) is 5.01. The highest BCUT2D eigenvalue weighted by Crippen LogP contribution is 2.20. The molecule has 1 heterocycles. The molecule has 1 fully saturated rings. The zero-order valence-corrected chi connectivity index (χ0v) is 17.4. The van der Waals surface area contributed by atoms with Crippen LogP contribution in [0, 0.1) is 0 Å². The Labute approximate surface area is 164 Å². The molecule has 1 amide bonds. The van der Waals surface area contributed by atoms with Crippen molar-refractivity contribution in [2.45, 2.75) is 90.0 Å². The summed E-state index contributed by atoms with van der Waals surface area (Å²) in [6.45, 7) is 3.79. The fraction of sp³-hybridized carbons (Fsp3) is 0.905. The minimum atomic E-state index is -0.497. The Bertz CT molecular complexity index is 402. The number of nitrogens with zero attached hydrogens (tertiary/aromatic N) is 1. The number of esters is 1. The van der Waals surface area contributed by atoms with Crippen LogP contribution >= 0.6 is 0 Å². The summed E-state index contributed by atoms with van der Waals surface area (Å²) in [6, 6.07) is -0.497. The second-order valence-electron chi connectivity index (χ2n) is 7.31. The third-order valence-electron chi connectivity index (χ3n) is 5.01. The summed E-state index contributed by atoms with van der Waals surface area (Å²) in [4.78, 5) is 25.8. The van der Waals surface area contributed by atoms with E-state index in [0.29, 0.717) is 26.2 Å². The second kappa shape index (κ2) is 15.7. The maximum absolute atomic E-state index is 12.3. The normalized spacial score (nSPS) is 16.5. The number of methoxy groups -OCH3 is 1. The van der Waals surface area contributed by atoms with E-state index in [1.807, 2.05) is 0 Å². The van der Waals surface area contributed by atoms with Crippen LogP contribution in [0.15, 0.2) is 0 Å². The van der Waals surface area contributed by atoms with Crippen molar-refractivity contribution in [3.05, 3.63) is 0 Å². The van der Waals surface area contributed by atoms with Crippen molar-refractivity contribution in [1.29, 1.82) is 0 Å². The van der Waals surface area contributed by atoms with Crippen LogP contribution in [0.3, 0.4) is 0 Å². The molecular formula is C21H39NO5. The number of carbonyl (C=O) groups excluding carboxylic acids is 2. The summed E-state index contributed by atoms with van der Waals surface area (Å²) in [7, 11) is 1.55. The molecule has 1 unspecified atom stereocenters. The fourth-order valence-electron chi connectivity index (χ4n) is 3.38. The van der Waals surface area contributed by atoms with Gasteiger partial charge in [-0.15, -0.1) is 0 Å². The fourth-order valence-corrected chi connectivity index (χ4v) is 3.38. The summed E-state index contributed by atoms with van der Waals surface area (Å²) < 4.78 is 15.4. The van der Waals surface area contributed by atoms with Gasteiger partial charge < -0.3 is 14.2 Å². The van der Waals surface area contributed by atoms with Crippen molar-refractivity contribution >= 4 is 12.1 Å². The van der Waals surface area contributed by atoms with Crippen LogP contribution in [0.2, 0.25) is 0 Å². The molecular weight excluding hydrogens is 346 g/mol. The lowest BCUT2D eigenvalue weighted by Gasteiger charge is -2.22. The zero-order valence-electron chi connectivity index (χ0n) is 17.4. The predicted octanol–water partition coefficient (Wildman–Crippen LogP) is 4.70. The molecule has 6 nitrogen and oxygen atoms in total. The molecule has 6 heteroatoms. The van der Waals surface area contributed by atoms with Gasteiger partial charge in [0.1, 0.15) is 12.6 Å². The van der Waals surface area contributed by atoms with E-state index in [4.69, 9.17) is 14.2 Å². The van der Waals surface area contributed by atoms with Gasteiger partial charge in [0.05, 0.1) is 13.2 Å². The van der Waals surface area contributed by atoms with Crippen LogP contribution in [0.1, 0.15) is 84.0 Å². The minimum Gasteiger partial charge on any atom is -0.464 e. The molecule has 0 bridgehead atoms. The third kappa shape index (κ3) is 10.6. The first kappa shape index (κ1) is 23.7. The number of rotatable bonds is 15. The Balaban J connectivity index is 2.06. The number of unbranched alkanes of at least 4 members (excludes halogenated alkanes) is 9. The molecule has 1 rings (SSSR count). The van der Waals surface area contributed by atoms with E-state index >= 15 is 0 Å². The molecule has 0 aliphatic carbocycles. The van der Waals surface area contributed by atoms with Crippen molar-refractivity contribution in [2.24, 2.45) is 0 Å². The number of amides is 1. The van der Waals surface area contributed by atoms with Crippen molar-refractivity contribution in [3.63, 3.8) is 0 Å². The minimum absolute atomic E-state index is 0.201. The molecule has 27 heavy (non-hydrogen) atoms. The molecule has 0 radical (unpaired) electrons.